The molecule has 0 saturated carbocycles. The first kappa shape index (κ1) is 16.4. The fourth-order valence-corrected chi connectivity index (χ4v) is 2.80. The van der Waals surface area contributed by atoms with E-state index >= 15 is 0 Å². The summed E-state index contributed by atoms with van der Waals surface area (Å²) in [6, 6.07) is 2.84. The largest absolute Gasteiger partial charge is 0.467 e. The van der Waals surface area contributed by atoms with Crippen molar-refractivity contribution >= 4 is 22.5 Å². The summed E-state index contributed by atoms with van der Waals surface area (Å²) < 4.78 is 5.13. The van der Waals surface area contributed by atoms with Crippen LogP contribution in [0.1, 0.15) is 43.6 Å². The summed E-state index contributed by atoms with van der Waals surface area (Å²) in [4.78, 5) is 11.9. The second kappa shape index (κ2) is 7.90. The number of nitrogens with zero attached hydrogens (tertiary/aromatic N) is 2. The van der Waals surface area contributed by atoms with Crippen molar-refractivity contribution in [1.82, 2.24) is 15.5 Å². The van der Waals surface area contributed by atoms with Gasteiger partial charge in [-0.3, -0.25) is 5.32 Å². The number of hydrogen-bond donors (Lipinski definition) is 3. The maximum atomic E-state index is 11.9. The molecule has 120 valence electrons. The van der Waals surface area contributed by atoms with Gasteiger partial charge in [-0.2, -0.15) is 0 Å². The maximum absolute atomic E-state index is 11.9. The van der Waals surface area contributed by atoms with Gasteiger partial charge in [0.2, 0.25) is 5.13 Å². The number of aryl methyl sites for hydroxylation is 1. The van der Waals surface area contributed by atoms with Gasteiger partial charge >= 0.3 is 6.03 Å². The molecule has 0 aromatic carbocycles. The highest BCUT2D eigenvalue weighted by atomic mass is 32.1. The molecule has 0 unspecified atom stereocenters. The number of aromatic nitrogens is 2. The van der Waals surface area contributed by atoms with E-state index in [1.807, 2.05) is 6.92 Å². The molecule has 2 aromatic heterocycles. The Balaban J connectivity index is 1.78. The lowest BCUT2D eigenvalue weighted by atomic mass is 10.1. The number of amides is 2. The number of hydrogen-bond acceptors (Lipinski definition) is 6. The molecule has 2 amide bonds. The van der Waals surface area contributed by atoms with Crippen molar-refractivity contribution in [2.24, 2.45) is 0 Å². The average molecular weight is 324 g/mol. The number of carbonyl (C=O) groups excluding carboxylic acids is 1. The third-order valence-corrected chi connectivity index (χ3v) is 3.88. The molecule has 0 aliphatic heterocycles. The van der Waals surface area contributed by atoms with Crippen LogP contribution in [-0.2, 0) is 6.42 Å². The Morgan fingerprint density at radius 1 is 1.50 bits per heavy atom. The van der Waals surface area contributed by atoms with Crippen LogP contribution in [0.15, 0.2) is 22.8 Å². The molecular formula is C14H20N4O3S. The lowest BCUT2D eigenvalue weighted by Crippen LogP contribution is -2.37. The van der Waals surface area contributed by atoms with Gasteiger partial charge in [0, 0.05) is 18.9 Å². The third kappa shape index (κ3) is 4.81. The van der Waals surface area contributed by atoms with Crippen molar-refractivity contribution < 1.29 is 14.3 Å². The molecule has 7 nitrogen and oxygen atoms in total. The van der Waals surface area contributed by atoms with Gasteiger partial charge in [0.05, 0.1) is 6.26 Å². The summed E-state index contributed by atoms with van der Waals surface area (Å²) in [5, 5.41) is 24.6. The normalized spacial score (nSPS) is 13.6. The van der Waals surface area contributed by atoms with E-state index in [4.69, 9.17) is 4.42 Å². The summed E-state index contributed by atoms with van der Waals surface area (Å²) in [6.45, 7) is 3.88. The monoisotopic (exact) mass is 324 g/mol. The summed E-state index contributed by atoms with van der Waals surface area (Å²) in [7, 11) is 0. The molecule has 2 aromatic rings. The van der Waals surface area contributed by atoms with E-state index < -0.39 is 6.10 Å². The highest BCUT2D eigenvalue weighted by molar-refractivity contribution is 7.15. The van der Waals surface area contributed by atoms with Crippen LogP contribution in [0.4, 0.5) is 9.93 Å². The van der Waals surface area contributed by atoms with E-state index in [1.54, 1.807) is 12.1 Å². The van der Waals surface area contributed by atoms with Crippen molar-refractivity contribution in [1.29, 1.82) is 0 Å². The molecule has 2 rings (SSSR count). The minimum Gasteiger partial charge on any atom is -0.467 e. The number of carbonyl (C=O) groups is 1. The molecule has 22 heavy (non-hydrogen) atoms. The minimum absolute atomic E-state index is 0.219. The number of anilines is 1. The first-order chi connectivity index (χ1) is 10.6. The molecule has 0 saturated heterocycles. The first-order valence-electron chi connectivity index (χ1n) is 7.19. The van der Waals surface area contributed by atoms with Crippen molar-refractivity contribution in [2.45, 2.75) is 45.3 Å². The smallest absolute Gasteiger partial charge is 0.321 e. The predicted molar refractivity (Wildman–Crippen MR) is 83.8 cm³/mol. The second-order valence-electron chi connectivity index (χ2n) is 5.02. The molecule has 2 atom stereocenters. The van der Waals surface area contributed by atoms with Crippen LogP contribution < -0.4 is 10.6 Å². The Kier molecular flexibility index (Phi) is 5.91. The second-order valence-corrected chi connectivity index (χ2v) is 6.08. The quantitative estimate of drug-likeness (QED) is 0.727. The summed E-state index contributed by atoms with van der Waals surface area (Å²) in [6.07, 6.45) is 2.96. The van der Waals surface area contributed by atoms with E-state index in [-0.39, 0.29) is 12.1 Å². The molecule has 0 aliphatic rings. The highest BCUT2D eigenvalue weighted by Crippen LogP contribution is 2.19. The average Bonchev–Trinajstić information content (AvgIpc) is 3.10. The van der Waals surface area contributed by atoms with E-state index in [0.29, 0.717) is 17.3 Å². The van der Waals surface area contributed by atoms with Crippen molar-refractivity contribution in [3.05, 3.63) is 29.2 Å². The Morgan fingerprint density at radius 3 is 3.00 bits per heavy atom. The predicted octanol–water partition coefficient (Wildman–Crippen LogP) is 2.72. The Labute approximate surface area is 132 Å². The number of urea groups is 1. The minimum atomic E-state index is -0.747. The van der Waals surface area contributed by atoms with Crippen LogP contribution in [0.3, 0.4) is 0 Å². The van der Waals surface area contributed by atoms with Crippen LogP contribution >= 0.6 is 11.3 Å². The molecule has 0 aliphatic carbocycles. The van der Waals surface area contributed by atoms with Gasteiger partial charge in [0.25, 0.3) is 0 Å². The fourth-order valence-electron chi connectivity index (χ4n) is 1.97. The van der Waals surface area contributed by atoms with Gasteiger partial charge in [0.15, 0.2) is 0 Å². The van der Waals surface area contributed by atoms with Crippen LogP contribution in [0.2, 0.25) is 0 Å². The molecule has 0 spiro atoms. The van der Waals surface area contributed by atoms with E-state index in [9.17, 15) is 9.90 Å². The third-order valence-electron chi connectivity index (χ3n) is 2.98. The summed E-state index contributed by atoms with van der Waals surface area (Å²) in [5.74, 6) is 0.488. The first-order valence-corrected chi connectivity index (χ1v) is 8.01. The Bertz CT molecular complexity index is 585. The van der Waals surface area contributed by atoms with E-state index in [1.165, 1.54) is 17.6 Å². The number of aliphatic hydroxyl groups excluding tert-OH is 1. The van der Waals surface area contributed by atoms with Gasteiger partial charge in [-0.1, -0.05) is 18.3 Å². The van der Waals surface area contributed by atoms with Gasteiger partial charge in [-0.15, -0.1) is 10.2 Å². The standard InChI is InChI=1S/C14H20N4O3S/c1-3-5-12-17-18-14(22-12)16-13(20)15-9(2)8-10(19)11-6-4-7-21-11/h4,6-7,9-10,19H,3,5,8H2,1-2H3,(H2,15,16,18,20)/t9-,10-/m0/s1. The SMILES string of the molecule is CCCc1nnc(NC(=O)N[C@@H](C)C[C@H](O)c2ccco2)s1. The maximum Gasteiger partial charge on any atom is 0.321 e. The topological polar surface area (TPSA) is 100 Å². The molecule has 0 radical (unpaired) electrons. The number of furan rings is 1. The summed E-state index contributed by atoms with van der Waals surface area (Å²) in [5.41, 5.74) is 0. The summed E-state index contributed by atoms with van der Waals surface area (Å²) >= 11 is 1.37. The van der Waals surface area contributed by atoms with Gasteiger partial charge in [-0.25, -0.2) is 4.79 Å². The lowest BCUT2D eigenvalue weighted by molar-refractivity contribution is 0.130. The van der Waals surface area contributed by atoms with E-state index in [0.717, 1.165) is 17.8 Å². The van der Waals surface area contributed by atoms with Crippen molar-refractivity contribution in [2.75, 3.05) is 5.32 Å². The molecular weight excluding hydrogens is 304 g/mol. The van der Waals surface area contributed by atoms with Crippen LogP contribution in [0, 0.1) is 0 Å². The van der Waals surface area contributed by atoms with Gasteiger partial charge < -0.3 is 14.8 Å². The molecule has 0 bridgehead atoms. The number of nitrogens with one attached hydrogen (secondary N) is 2. The van der Waals surface area contributed by atoms with Crippen molar-refractivity contribution in [3.63, 3.8) is 0 Å². The molecule has 0 fully saturated rings. The Morgan fingerprint density at radius 2 is 2.32 bits per heavy atom. The zero-order chi connectivity index (χ0) is 15.9. The Hall–Kier alpha value is -1.93. The zero-order valence-electron chi connectivity index (χ0n) is 12.6. The fraction of sp³-hybridized carbons (Fsp3) is 0.500. The number of aliphatic hydroxyl groups is 1. The lowest BCUT2D eigenvalue weighted by Gasteiger charge is -2.16. The van der Waals surface area contributed by atoms with Crippen LogP contribution in [-0.4, -0.2) is 27.4 Å². The van der Waals surface area contributed by atoms with Crippen molar-refractivity contribution in [3.8, 4) is 0 Å². The number of rotatable bonds is 7. The van der Waals surface area contributed by atoms with Crippen LogP contribution in [0.25, 0.3) is 0 Å². The zero-order valence-corrected chi connectivity index (χ0v) is 13.4. The molecule has 8 heteroatoms. The molecule has 3 N–H and O–H groups in total. The molecule has 2 heterocycles. The van der Waals surface area contributed by atoms with Crippen LogP contribution in [0.5, 0.6) is 0 Å². The van der Waals surface area contributed by atoms with Gasteiger partial charge in [0.1, 0.15) is 16.9 Å². The van der Waals surface area contributed by atoms with E-state index in [2.05, 4.69) is 27.8 Å². The highest BCUT2D eigenvalue weighted by Gasteiger charge is 2.17. The van der Waals surface area contributed by atoms with Gasteiger partial charge in [-0.05, 0) is 25.5 Å².